The molecule has 0 spiro atoms. The van der Waals surface area contributed by atoms with Crippen molar-refractivity contribution in [1.82, 2.24) is 4.57 Å². The minimum atomic E-state index is -0.907. The number of hydrogen-bond acceptors (Lipinski definition) is 6. The van der Waals surface area contributed by atoms with Gasteiger partial charge in [-0.2, -0.15) is 0 Å². The predicted octanol–water partition coefficient (Wildman–Crippen LogP) is 6.64. The van der Waals surface area contributed by atoms with E-state index in [2.05, 4.69) is 0 Å². The van der Waals surface area contributed by atoms with Crippen LogP contribution in [0, 0.1) is 5.82 Å². The Morgan fingerprint density at radius 2 is 1.81 bits per heavy atom. The molecule has 1 aliphatic rings. The van der Waals surface area contributed by atoms with E-state index < -0.39 is 17.8 Å². The summed E-state index contributed by atoms with van der Waals surface area (Å²) < 4.78 is 27.2. The fourth-order valence-electron chi connectivity index (χ4n) is 4.80. The number of nitrogens with zero attached hydrogens (tertiary/aromatic N) is 2. The molecule has 0 saturated heterocycles. The maximum atomic E-state index is 14.0. The summed E-state index contributed by atoms with van der Waals surface area (Å²) in [4.78, 5) is 32.6. The summed E-state index contributed by atoms with van der Waals surface area (Å²) in [5.41, 5.74) is 2.01. The van der Waals surface area contributed by atoms with E-state index in [4.69, 9.17) is 37.3 Å². The Hall–Kier alpha value is -4.24. The van der Waals surface area contributed by atoms with Gasteiger partial charge in [-0.1, -0.05) is 83.1 Å². The van der Waals surface area contributed by atoms with Crippen LogP contribution in [0.2, 0.25) is 10.0 Å². The first-order chi connectivity index (χ1) is 20.4. The van der Waals surface area contributed by atoms with Crippen LogP contribution in [0.4, 0.5) is 4.39 Å². The third-order valence-electron chi connectivity index (χ3n) is 6.68. The highest BCUT2D eigenvalue weighted by Gasteiger charge is 2.35. The number of furan rings is 1. The van der Waals surface area contributed by atoms with Gasteiger partial charge < -0.3 is 9.15 Å². The monoisotopic (exact) mass is 618 g/mol. The molecule has 0 amide bonds. The molecule has 5 aromatic rings. The number of thiazole rings is 1. The number of aromatic nitrogens is 1. The zero-order chi connectivity index (χ0) is 29.4. The molecule has 0 fully saturated rings. The van der Waals surface area contributed by atoms with Gasteiger partial charge in [0.25, 0.3) is 5.56 Å². The molecule has 1 aliphatic heterocycles. The molecule has 3 heterocycles. The second-order valence-corrected chi connectivity index (χ2v) is 11.1. The zero-order valence-corrected chi connectivity index (χ0v) is 24.3. The number of ether oxygens (including phenoxy) is 1. The van der Waals surface area contributed by atoms with Crippen LogP contribution in [0.5, 0.6) is 0 Å². The molecular formula is C32H21Cl2FN2O4S. The maximum absolute atomic E-state index is 14.0. The summed E-state index contributed by atoms with van der Waals surface area (Å²) in [7, 11) is 0. The fourth-order valence-corrected chi connectivity index (χ4v) is 6.17. The lowest BCUT2D eigenvalue weighted by atomic mass is 9.93. The van der Waals surface area contributed by atoms with Crippen molar-refractivity contribution >= 4 is 52.3 Å². The van der Waals surface area contributed by atoms with Crippen molar-refractivity contribution in [3.05, 3.63) is 143 Å². The van der Waals surface area contributed by atoms with Crippen LogP contribution in [-0.4, -0.2) is 17.1 Å². The molecule has 0 saturated carbocycles. The van der Waals surface area contributed by atoms with E-state index in [9.17, 15) is 14.0 Å². The van der Waals surface area contributed by atoms with Crippen molar-refractivity contribution < 1.29 is 18.3 Å². The van der Waals surface area contributed by atoms with Gasteiger partial charge in [-0.15, -0.1) is 0 Å². The van der Waals surface area contributed by atoms with Gasteiger partial charge >= 0.3 is 5.97 Å². The van der Waals surface area contributed by atoms with Crippen molar-refractivity contribution in [3.63, 3.8) is 0 Å². The normalized spacial score (nSPS) is 15.0. The van der Waals surface area contributed by atoms with E-state index in [0.717, 1.165) is 11.3 Å². The van der Waals surface area contributed by atoms with Crippen molar-refractivity contribution in [3.8, 4) is 11.3 Å². The Morgan fingerprint density at radius 3 is 2.55 bits per heavy atom. The van der Waals surface area contributed by atoms with E-state index in [0.29, 0.717) is 53.3 Å². The predicted molar refractivity (Wildman–Crippen MR) is 162 cm³/mol. The maximum Gasteiger partial charge on any atom is 0.338 e. The second-order valence-electron chi connectivity index (χ2n) is 9.29. The second kappa shape index (κ2) is 11.6. The molecule has 42 heavy (non-hydrogen) atoms. The van der Waals surface area contributed by atoms with Gasteiger partial charge in [0.15, 0.2) is 4.80 Å². The molecule has 0 bridgehead atoms. The Morgan fingerprint density at radius 1 is 1.05 bits per heavy atom. The third kappa shape index (κ3) is 5.13. The molecule has 6 nitrogen and oxygen atoms in total. The van der Waals surface area contributed by atoms with Crippen molar-refractivity contribution in [2.24, 2.45) is 4.99 Å². The van der Waals surface area contributed by atoms with E-state index >= 15 is 0 Å². The SMILES string of the molecule is CCOC(=O)C1=C(c2ccccc2)N=c2s/c(=C\c3ccc(-c4cccc(Cl)c4Cl)o3)c(=O)n2[C@H]1c1ccc(F)cc1. The highest BCUT2D eigenvalue weighted by molar-refractivity contribution is 7.07. The first kappa shape index (κ1) is 27.9. The summed E-state index contributed by atoms with van der Waals surface area (Å²) >= 11 is 13.7. The molecule has 6 rings (SSSR count). The first-order valence-corrected chi connectivity index (χ1v) is 14.5. The Labute approximate surface area is 253 Å². The standard InChI is InChI=1S/C32H21Cl2FN2O4S/c1-2-40-31(39)26-28(18-7-4-3-5-8-18)36-32-37(29(26)19-11-13-20(35)14-12-19)30(38)25(42-32)17-21-15-16-24(41-21)22-9-6-10-23(33)27(22)34/h3-17,29H,2H2,1H3/b25-17-/t29-/m0/s1. The summed E-state index contributed by atoms with van der Waals surface area (Å²) in [5, 5.41) is 0.756. The molecule has 2 aromatic heterocycles. The number of hydrogen-bond donors (Lipinski definition) is 0. The largest absolute Gasteiger partial charge is 0.463 e. The number of halogens is 3. The molecular weight excluding hydrogens is 598 g/mol. The van der Waals surface area contributed by atoms with Crippen LogP contribution >= 0.6 is 34.5 Å². The zero-order valence-electron chi connectivity index (χ0n) is 22.0. The van der Waals surface area contributed by atoms with Crippen LogP contribution in [0.1, 0.15) is 29.9 Å². The van der Waals surface area contributed by atoms with Crippen LogP contribution < -0.4 is 14.9 Å². The van der Waals surface area contributed by atoms with E-state index in [1.54, 1.807) is 55.5 Å². The smallest absolute Gasteiger partial charge is 0.338 e. The van der Waals surface area contributed by atoms with Crippen molar-refractivity contribution in [2.45, 2.75) is 13.0 Å². The van der Waals surface area contributed by atoms with Gasteiger partial charge in [0, 0.05) is 17.2 Å². The Balaban J connectivity index is 1.56. The van der Waals surface area contributed by atoms with Crippen LogP contribution in [0.15, 0.2) is 105 Å². The van der Waals surface area contributed by atoms with Gasteiger partial charge in [-0.05, 0) is 48.9 Å². The average Bonchev–Trinajstić information content (AvgIpc) is 3.58. The molecule has 10 heteroatoms. The van der Waals surface area contributed by atoms with Gasteiger partial charge in [-0.3, -0.25) is 9.36 Å². The molecule has 0 N–H and O–H groups in total. The molecule has 3 aromatic carbocycles. The van der Waals surface area contributed by atoms with E-state index in [1.807, 2.05) is 30.3 Å². The average molecular weight is 620 g/mol. The number of carbonyl (C=O) groups excluding carboxylic acids is 1. The molecule has 210 valence electrons. The Kier molecular flexibility index (Phi) is 7.68. The summed E-state index contributed by atoms with van der Waals surface area (Å²) in [6.07, 6.45) is 1.61. The Bertz CT molecular complexity index is 2030. The lowest BCUT2D eigenvalue weighted by molar-refractivity contribution is -0.138. The number of carbonyl (C=O) groups is 1. The van der Waals surface area contributed by atoms with Crippen molar-refractivity contribution in [2.75, 3.05) is 6.61 Å². The first-order valence-electron chi connectivity index (χ1n) is 12.9. The molecule has 1 atom stereocenters. The lowest BCUT2D eigenvalue weighted by Crippen LogP contribution is -2.40. The summed E-state index contributed by atoms with van der Waals surface area (Å²) in [6.45, 7) is 1.83. The van der Waals surface area contributed by atoms with Crippen LogP contribution in [0.3, 0.4) is 0 Å². The molecule has 0 unspecified atom stereocenters. The minimum Gasteiger partial charge on any atom is -0.463 e. The number of esters is 1. The van der Waals surface area contributed by atoms with Gasteiger partial charge in [0.2, 0.25) is 0 Å². The van der Waals surface area contributed by atoms with Crippen LogP contribution in [0.25, 0.3) is 23.1 Å². The quantitative estimate of drug-likeness (QED) is 0.200. The van der Waals surface area contributed by atoms with Gasteiger partial charge in [-0.25, -0.2) is 14.2 Å². The number of rotatable bonds is 6. The van der Waals surface area contributed by atoms with Gasteiger partial charge in [0.1, 0.15) is 17.3 Å². The molecule has 0 radical (unpaired) electrons. The highest BCUT2D eigenvalue weighted by atomic mass is 35.5. The number of benzene rings is 3. The number of fused-ring (bicyclic) bond motifs is 1. The highest BCUT2D eigenvalue weighted by Crippen LogP contribution is 2.36. The minimum absolute atomic E-state index is 0.127. The lowest BCUT2D eigenvalue weighted by Gasteiger charge is -2.25. The van der Waals surface area contributed by atoms with Gasteiger partial charge in [0.05, 0.1) is 38.5 Å². The topological polar surface area (TPSA) is 73.8 Å². The van der Waals surface area contributed by atoms with Crippen LogP contribution in [-0.2, 0) is 9.53 Å². The van der Waals surface area contributed by atoms with E-state index in [-0.39, 0.29) is 17.7 Å². The van der Waals surface area contributed by atoms with Crippen molar-refractivity contribution in [1.29, 1.82) is 0 Å². The summed E-state index contributed by atoms with van der Waals surface area (Å²) in [6, 6.07) is 22.7. The fraction of sp³-hybridized carbons (Fsp3) is 0.0938. The van der Waals surface area contributed by atoms with E-state index in [1.165, 1.54) is 16.7 Å². The summed E-state index contributed by atoms with van der Waals surface area (Å²) in [5.74, 6) is -0.151. The third-order valence-corrected chi connectivity index (χ3v) is 8.48. The molecule has 0 aliphatic carbocycles.